The lowest BCUT2D eigenvalue weighted by Crippen LogP contribution is -2.43. The lowest BCUT2D eigenvalue weighted by Gasteiger charge is -2.33. The zero-order chi connectivity index (χ0) is 19.3. The molecule has 1 saturated carbocycles. The summed E-state index contributed by atoms with van der Waals surface area (Å²) in [6.07, 6.45) is 5.99. The number of carboxylic acid groups (broad SMARTS) is 1. The zero-order valence-electron chi connectivity index (χ0n) is 15.9. The van der Waals surface area contributed by atoms with Gasteiger partial charge in [0.05, 0.1) is 19.3 Å². The summed E-state index contributed by atoms with van der Waals surface area (Å²) in [4.78, 5) is 16.8. The predicted molar refractivity (Wildman–Crippen MR) is 102 cm³/mol. The fourth-order valence-electron chi connectivity index (χ4n) is 4.09. The van der Waals surface area contributed by atoms with Crippen LogP contribution < -0.4 is 9.47 Å². The standard InChI is InChI=1S/C21H28N2O4/c1-3-26-18-9-8-16(14-19(18)27-17-6-4-5-7-17)21(22-2)10-12-23(13-11-21)15-20(24)25/h8-9,14,17H,3-7,10-13,15H2,1H3,(H,24,25). The molecule has 146 valence electrons. The number of nitrogens with zero attached hydrogens (tertiary/aromatic N) is 2. The molecule has 0 aromatic heterocycles. The van der Waals surface area contributed by atoms with Crippen LogP contribution in [-0.4, -0.2) is 48.3 Å². The average Bonchev–Trinajstić information content (AvgIpc) is 3.17. The van der Waals surface area contributed by atoms with Gasteiger partial charge in [0.25, 0.3) is 5.54 Å². The van der Waals surface area contributed by atoms with Crippen LogP contribution in [-0.2, 0) is 10.3 Å². The first-order valence-corrected chi connectivity index (χ1v) is 9.83. The van der Waals surface area contributed by atoms with Gasteiger partial charge in [-0.25, -0.2) is 6.57 Å². The molecule has 1 heterocycles. The number of hydrogen-bond acceptors (Lipinski definition) is 4. The second-order valence-electron chi connectivity index (χ2n) is 7.43. The third-order valence-electron chi connectivity index (χ3n) is 5.63. The van der Waals surface area contributed by atoms with Crippen molar-refractivity contribution in [3.8, 4) is 11.5 Å². The van der Waals surface area contributed by atoms with E-state index in [1.54, 1.807) is 0 Å². The largest absolute Gasteiger partial charge is 0.490 e. The molecule has 1 saturated heterocycles. The number of aliphatic carboxylic acids is 1. The smallest absolute Gasteiger partial charge is 0.317 e. The molecule has 3 rings (SSSR count). The molecule has 27 heavy (non-hydrogen) atoms. The first-order chi connectivity index (χ1) is 13.1. The van der Waals surface area contributed by atoms with Crippen LogP contribution in [0, 0.1) is 6.57 Å². The Morgan fingerprint density at radius 3 is 2.59 bits per heavy atom. The van der Waals surface area contributed by atoms with E-state index in [4.69, 9.17) is 21.2 Å². The van der Waals surface area contributed by atoms with Crippen molar-refractivity contribution < 1.29 is 19.4 Å². The monoisotopic (exact) mass is 372 g/mol. The molecule has 1 aliphatic carbocycles. The van der Waals surface area contributed by atoms with Gasteiger partial charge < -0.3 is 19.4 Å². The summed E-state index contributed by atoms with van der Waals surface area (Å²) in [5, 5.41) is 8.99. The number of ether oxygens (including phenoxy) is 2. The van der Waals surface area contributed by atoms with Crippen LogP contribution in [0.5, 0.6) is 11.5 Å². The first kappa shape index (κ1) is 19.5. The molecule has 6 nitrogen and oxygen atoms in total. The molecule has 1 aromatic rings. The van der Waals surface area contributed by atoms with Gasteiger partial charge in [0.1, 0.15) is 0 Å². The summed E-state index contributed by atoms with van der Waals surface area (Å²) >= 11 is 0. The van der Waals surface area contributed by atoms with Crippen molar-refractivity contribution in [2.75, 3.05) is 26.2 Å². The molecular formula is C21H28N2O4. The number of hydrogen-bond donors (Lipinski definition) is 1. The second-order valence-corrected chi connectivity index (χ2v) is 7.43. The van der Waals surface area contributed by atoms with Gasteiger partial charge in [0.2, 0.25) is 0 Å². The molecular weight excluding hydrogens is 344 g/mol. The van der Waals surface area contributed by atoms with Gasteiger partial charge in [-0.1, -0.05) is 0 Å². The molecule has 1 N–H and O–H groups in total. The van der Waals surface area contributed by atoms with E-state index < -0.39 is 11.5 Å². The topological polar surface area (TPSA) is 63.4 Å². The minimum absolute atomic E-state index is 0.0351. The van der Waals surface area contributed by atoms with Gasteiger partial charge in [0, 0.05) is 31.5 Å². The summed E-state index contributed by atoms with van der Waals surface area (Å²) in [6.45, 7) is 11.6. The normalized spacial score (nSPS) is 20.1. The number of carbonyl (C=O) groups is 1. The van der Waals surface area contributed by atoms with E-state index in [9.17, 15) is 4.79 Å². The Labute approximate surface area is 160 Å². The third-order valence-corrected chi connectivity index (χ3v) is 5.63. The fraction of sp³-hybridized carbons (Fsp3) is 0.619. The predicted octanol–water partition coefficient (Wildman–Crippen LogP) is 3.70. The summed E-state index contributed by atoms with van der Waals surface area (Å²) in [5.41, 5.74) is 0.331. The summed E-state index contributed by atoms with van der Waals surface area (Å²) in [5.74, 6) is 0.646. The van der Waals surface area contributed by atoms with Gasteiger partial charge in [-0.3, -0.25) is 9.69 Å². The SMILES string of the molecule is [C-]#[N+]C1(c2ccc(OCC)c(OC3CCCC3)c2)CCN(CC(=O)O)CC1. The van der Waals surface area contributed by atoms with Gasteiger partial charge in [-0.2, -0.15) is 0 Å². The molecule has 0 radical (unpaired) electrons. The number of rotatable bonds is 7. The second kappa shape index (κ2) is 8.62. The molecule has 6 heteroatoms. The lowest BCUT2D eigenvalue weighted by atomic mass is 9.81. The minimum Gasteiger partial charge on any atom is -0.490 e. The van der Waals surface area contributed by atoms with Crippen molar-refractivity contribution in [1.29, 1.82) is 0 Å². The number of carboxylic acids is 1. The van der Waals surface area contributed by atoms with Crippen LogP contribution in [0.25, 0.3) is 4.85 Å². The third kappa shape index (κ3) is 4.54. The maximum Gasteiger partial charge on any atom is 0.317 e. The van der Waals surface area contributed by atoms with Gasteiger partial charge in [-0.15, -0.1) is 0 Å². The van der Waals surface area contributed by atoms with E-state index >= 15 is 0 Å². The van der Waals surface area contributed by atoms with Crippen molar-refractivity contribution >= 4 is 5.97 Å². The van der Waals surface area contributed by atoms with Crippen molar-refractivity contribution in [3.05, 3.63) is 35.2 Å². The van der Waals surface area contributed by atoms with Crippen molar-refractivity contribution in [2.24, 2.45) is 0 Å². The highest BCUT2D eigenvalue weighted by Gasteiger charge is 2.43. The highest BCUT2D eigenvalue weighted by atomic mass is 16.5. The Morgan fingerprint density at radius 2 is 2.00 bits per heavy atom. The van der Waals surface area contributed by atoms with E-state index in [2.05, 4.69) is 4.85 Å². The van der Waals surface area contributed by atoms with E-state index in [1.807, 2.05) is 30.0 Å². The number of piperidine rings is 1. The number of likely N-dealkylation sites (tertiary alicyclic amines) is 1. The van der Waals surface area contributed by atoms with Crippen molar-refractivity contribution in [1.82, 2.24) is 4.90 Å². The first-order valence-electron chi connectivity index (χ1n) is 9.83. The average molecular weight is 372 g/mol. The Balaban J connectivity index is 1.81. The molecule has 1 aromatic carbocycles. The van der Waals surface area contributed by atoms with Gasteiger partial charge in [0.15, 0.2) is 11.5 Å². The Kier molecular flexibility index (Phi) is 6.22. The van der Waals surface area contributed by atoms with Crippen molar-refractivity contribution in [3.63, 3.8) is 0 Å². The molecule has 0 spiro atoms. The van der Waals surface area contributed by atoms with Crippen LogP contribution >= 0.6 is 0 Å². The summed E-state index contributed by atoms with van der Waals surface area (Å²) in [7, 11) is 0. The molecule has 0 amide bonds. The summed E-state index contributed by atoms with van der Waals surface area (Å²) < 4.78 is 12.0. The molecule has 1 aliphatic heterocycles. The highest BCUT2D eigenvalue weighted by Crippen LogP contribution is 2.41. The van der Waals surface area contributed by atoms with Crippen LogP contribution in [0.2, 0.25) is 0 Å². The Bertz CT molecular complexity index is 699. The molecule has 0 bridgehead atoms. The van der Waals surface area contributed by atoms with E-state index in [-0.39, 0.29) is 12.6 Å². The van der Waals surface area contributed by atoms with E-state index in [0.717, 1.165) is 29.9 Å². The van der Waals surface area contributed by atoms with Crippen molar-refractivity contribution in [2.45, 2.75) is 57.1 Å². The number of benzene rings is 1. The van der Waals surface area contributed by atoms with Crippen LogP contribution in [0.3, 0.4) is 0 Å². The Hall–Kier alpha value is -2.26. The van der Waals surface area contributed by atoms with E-state index in [0.29, 0.717) is 32.5 Å². The molecule has 0 atom stereocenters. The van der Waals surface area contributed by atoms with E-state index in [1.165, 1.54) is 12.8 Å². The van der Waals surface area contributed by atoms with Crippen LogP contribution in [0.15, 0.2) is 18.2 Å². The minimum atomic E-state index is -0.821. The highest BCUT2D eigenvalue weighted by molar-refractivity contribution is 5.69. The lowest BCUT2D eigenvalue weighted by molar-refractivity contribution is -0.138. The zero-order valence-corrected chi connectivity index (χ0v) is 15.9. The fourth-order valence-corrected chi connectivity index (χ4v) is 4.09. The maximum absolute atomic E-state index is 10.9. The van der Waals surface area contributed by atoms with Gasteiger partial charge >= 0.3 is 5.97 Å². The quantitative estimate of drug-likeness (QED) is 0.740. The summed E-state index contributed by atoms with van der Waals surface area (Å²) in [6, 6.07) is 5.87. The Morgan fingerprint density at radius 1 is 1.30 bits per heavy atom. The van der Waals surface area contributed by atoms with Crippen LogP contribution in [0.4, 0.5) is 0 Å². The van der Waals surface area contributed by atoms with Gasteiger partial charge in [-0.05, 0) is 50.8 Å². The molecule has 2 fully saturated rings. The maximum atomic E-state index is 10.9. The molecule has 2 aliphatic rings. The molecule has 0 unspecified atom stereocenters. The van der Waals surface area contributed by atoms with Crippen LogP contribution in [0.1, 0.15) is 51.0 Å².